The highest BCUT2D eigenvalue weighted by atomic mass is 32.2. The molecule has 0 bridgehead atoms. The van der Waals surface area contributed by atoms with Crippen LogP contribution in [-0.4, -0.2) is 59.6 Å². The number of nitro benzene ring substituents is 1. The van der Waals surface area contributed by atoms with Gasteiger partial charge in [-0.2, -0.15) is 4.31 Å². The van der Waals surface area contributed by atoms with Gasteiger partial charge in [0.2, 0.25) is 10.0 Å². The second kappa shape index (κ2) is 8.24. The maximum atomic E-state index is 13.4. The molecule has 4 rings (SSSR count). The van der Waals surface area contributed by atoms with Crippen molar-refractivity contribution in [3.05, 3.63) is 75.7 Å². The van der Waals surface area contributed by atoms with E-state index in [9.17, 15) is 27.7 Å². The van der Waals surface area contributed by atoms with Gasteiger partial charge in [0.05, 0.1) is 26.6 Å². The number of nitro groups is 1. The number of benzene rings is 2. The fourth-order valence-electron chi connectivity index (χ4n) is 3.66. The Balaban J connectivity index is 1.51. The lowest BCUT2D eigenvalue weighted by Crippen LogP contribution is -2.50. The van der Waals surface area contributed by atoms with Crippen LogP contribution in [0.25, 0.3) is 10.9 Å². The van der Waals surface area contributed by atoms with Gasteiger partial charge in [-0.15, -0.1) is 0 Å². The summed E-state index contributed by atoms with van der Waals surface area (Å²) in [6.07, 6.45) is 0. The molecule has 0 saturated carbocycles. The fourth-order valence-corrected chi connectivity index (χ4v) is 5.12. The van der Waals surface area contributed by atoms with Crippen molar-refractivity contribution in [2.24, 2.45) is 0 Å². The molecule has 0 N–H and O–H groups in total. The summed E-state index contributed by atoms with van der Waals surface area (Å²) in [6.45, 7) is 2.10. The minimum Gasteiger partial charge on any atom is -0.336 e. The zero-order chi connectivity index (χ0) is 23.0. The molecule has 1 amide bonds. The van der Waals surface area contributed by atoms with Crippen molar-refractivity contribution in [3.63, 3.8) is 0 Å². The zero-order valence-corrected chi connectivity index (χ0v) is 17.9. The van der Waals surface area contributed by atoms with Gasteiger partial charge in [0.25, 0.3) is 11.6 Å². The van der Waals surface area contributed by atoms with Gasteiger partial charge in [0.15, 0.2) is 0 Å². The Morgan fingerprint density at radius 1 is 1.09 bits per heavy atom. The molecule has 166 valence electrons. The number of aromatic nitrogens is 1. The van der Waals surface area contributed by atoms with E-state index in [1.54, 1.807) is 24.0 Å². The average molecular weight is 458 g/mol. The maximum absolute atomic E-state index is 13.4. The Bertz CT molecular complexity index is 1340. The second-order valence-corrected chi connectivity index (χ2v) is 9.35. The minimum absolute atomic E-state index is 0.0576. The number of nitrogens with zero attached hydrogens (tertiary/aromatic N) is 4. The number of halogens is 1. The molecular weight excluding hydrogens is 439 g/mol. The molecule has 0 spiro atoms. The molecule has 0 unspecified atom stereocenters. The number of hydrogen-bond acceptors (Lipinski definition) is 6. The number of amides is 1. The van der Waals surface area contributed by atoms with E-state index in [1.165, 1.54) is 34.6 Å². The van der Waals surface area contributed by atoms with E-state index in [4.69, 9.17) is 0 Å². The molecule has 1 aliphatic heterocycles. The van der Waals surface area contributed by atoms with Gasteiger partial charge in [0, 0.05) is 49.8 Å². The van der Waals surface area contributed by atoms with Crippen molar-refractivity contribution in [2.45, 2.75) is 11.8 Å². The average Bonchev–Trinajstić information content (AvgIpc) is 2.78. The van der Waals surface area contributed by atoms with E-state index in [0.717, 1.165) is 6.07 Å². The van der Waals surface area contributed by atoms with Crippen molar-refractivity contribution in [2.75, 3.05) is 26.2 Å². The zero-order valence-electron chi connectivity index (χ0n) is 17.1. The van der Waals surface area contributed by atoms with Gasteiger partial charge in [0.1, 0.15) is 5.82 Å². The van der Waals surface area contributed by atoms with Gasteiger partial charge < -0.3 is 4.90 Å². The highest BCUT2D eigenvalue weighted by Gasteiger charge is 2.31. The Morgan fingerprint density at radius 2 is 1.81 bits per heavy atom. The third-order valence-corrected chi connectivity index (χ3v) is 7.29. The fraction of sp³-hybridized carbons (Fsp3) is 0.238. The van der Waals surface area contributed by atoms with Crippen LogP contribution in [0.3, 0.4) is 0 Å². The molecule has 1 aromatic heterocycles. The first-order valence-corrected chi connectivity index (χ1v) is 11.2. The summed E-state index contributed by atoms with van der Waals surface area (Å²) < 4.78 is 40.4. The largest absolute Gasteiger partial charge is 0.336 e. The summed E-state index contributed by atoms with van der Waals surface area (Å²) in [5.41, 5.74) is 0.977. The predicted octanol–water partition coefficient (Wildman–Crippen LogP) is 2.74. The van der Waals surface area contributed by atoms with E-state index < -0.39 is 20.8 Å². The second-order valence-electron chi connectivity index (χ2n) is 7.41. The number of rotatable bonds is 4. The number of pyridine rings is 1. The first-order chi connectivity index (χ1) is 15.2. The third kappa shape index (κ3) is 4.04. The van der Waals surface area contributed by atoms with Crippen LogP contribution < -0.4 is 0 Å². The highest BCUT2D eigenvalue weighted by molar-refractivity contribution is 7.89. The predicted molar refractivity (Wildman–Crippen MR) is 114 cm³/mol. The maximum Gasteiger partial charge on any atom is 0.270 e. The molecular formula is C21H19FN4O5S. The summed E-state index contributed by atoms with van der Waals surface area (Å²) in [4.78, 5) is 29.1. The molecule has 1 aliphatic rings. The Kier molecular flexibility index (Phi) is 5.61. The van der Waals surface area contributed by atoms with Gasteiger partial charge in [-0.3, -0.25) is 19.9 Å². The van der Waals surface area contributed by atoms with Crippen molar-refractivity contribution >= 4 is 32.5 Å². The summed E-state index contributed by atoms with van der Waals surface area (Å²) in [7, 11) is -3.93. The number of non-ortho nitro benzene ring substituents is 1. The smallest absolute Gasteiger partial charge is 0.270 e. The molecule has 1 fully saturated rings. The Morgan fingerprint density at radius 3 is 2.50 bits per heavy atom. The van der Waals surface area contributed by atoms with Crippen LogP contribution >= 0.6 is 0 Å². The van der Waals surface area contributed by atoms with Crippen LogP contribution in [0.4, 0.5) is 10.1 Å². The first-order valence-electron chi connectivity index (χ1n) is 9.77. The molecule has 0 atom stereocenters. The third-order valence-electron chi connectivity index (χ3n) is 5.39. The lowest BCUT2D eigenvalue weighted by molar-refractivity contribution is -0.385. The summed E-state index contributed by atoms with van der Waals surface area (Å²) in [5, 5.41) is 11.6. The number of piperazine rings is 1. The highest BCUT2D eigenvalue weighted by Crippen LogP contribution is 2.23. The molecule has 32 heavy (non-hydrogen) atoms. The van der Waals surface area contributed by atoms with Crippen molar-refractivity contribution < 1.29 is 22.5 Å². The summed E-state index contributed by atoms with van der Waals surface area (Å²) in [5.74, 6) is -0.696. The van der Waals surface area contributed by atoms with Gasteiger partial charge in [-0.05, 0) is 31.2 Å². The molecule has 0 radical (unpaired) electrons. The van der Waals surface area contributed by atoms with E-state index in [2.05, 4.69) is 4.98 Å². The van der Waals surface area contributed by atoms with Crippen molar-refractivity contribution in [1.82, 2.24) is 14.2 Å². The number of carbonyl (C=O) groups excluding carboxylic acids is 1. The number of sulfonamides is 1. The lowest BCUT2D eigenvalue weighted by atomic mass is 10.1. The van der Waals surface area contributed by atoms with Crippen LogP contribution in [0, 0.1) is 22.9 Å². The first kappa shape index (κ1) is 21.8. The topological polar surface area (TPSA) is 114 Å². The number of carbonyl (C=O) groups is 1. The molecule has 2 aromatic carbocycles. The Labute approximate surface area is 183 Å². The number of fused-ring (bicyclic) bond motifs is 1. The van der Waals surface area contributed by atoms with E-state index in [0.29, 0.717) is 22.2 Å². The van der Waals surface area contributed by atoms with Crippen molar-refractivity contribution in [1.29, 1.82) is 0 Å². The summed E-state index contributed by atoms with van der Waals surface area (Å²) >= 11 is 0. The van der Waals surface area contributed by atoms with E-state index in [1.807, 2.05) is 0 Å². The van der Waals surface area contributed by atoms with E-state index in [-0.39, 0.29) is 42.7 Å². The molecule has 3 aromatic rings. The molecule has 9 nitrogen and oxygen atoms in total. The summed E-state index contributed by atoms with van der Waals surface area (Å²) in [6, 6.07) is 10.7. The molecule has 11 heteroatoms. The van der Waals surface area contributed by atoms with Crippen molar-refractivity contribution in [3.8, 4) is 0 Å². The quantitative estimate of drug-likeness (QED) is 0.439. The Hall–Kier alpha value is -3.44. The lowest BCUT2D eigenvalue weighted by Gasteiger charge is -2.34. The van der Waals surface area contributed by atoms with Gasteiger partial charge in [-0.1, -0.05) is 6.07 Å². The SMILES string of the molecule is Cc1nc2cc(F)ccc2cc1C(=O)N1CCN(S(=O)(=O)c2cccc([N+](=O)[O-])c2)CC1. The standard InChI is InChI=1S/C21H19FN4O5S/c1-14-19(11-15-5-6-16(22)12-20(15)23-14)21(27)24-7-9-25(10-8-24)32(30,31)18-4-2-3-17(13-18)26(28)29/h2-6,11-13H,7-10H2,1H3. The molecule has 1 saturated heterocycles. The normalized spacial score (nSPS) is 15.1. The number of hydrogen-bond donors (Lipinski definition) is 0. The van der Waals surface area contributed by atoms with Gasteiger partial charge >= 0.3 is 0 Å². The number of aryl methyl sites for hydroxylation is 1. The molecule has 2 heterocycles. The van der Waals surface area contributed by atoms with Crippen LogP contribution in [-0.2, 0) is 10.0 Å². The minimum atomic E-state index is -3.93. The van der Waals surface area contributed by atoms with Crippen LogP contribution in [0.5, 0.6) is 0 Å². The van der Waals surface area contributed by atoms with Crippen LogP contribution in [0.15, 0.2) is 53.4 Å². The van der Waals surface area contributed by atoms with E-state index >= 15 is 0 Å². The van der Waals surface area contributed by atoms with Crippen LogP contribution in [0.2, 0.25) is 0 Å². The van der Waals surface area contributed by atoms with Crippen LogP contribution in [0.1, 0.15) is 16.1 Å². The monoisotopic (exact) mass is 458 g/mol. The molecule has 0 aliphatic carbocycles. The van der Waals surface area contributed by atoms with Gasteiger partial charge in [-0.25, -0.2) is 12.8 Å².